The van der Waals surface area contributed by atoms with E-state index in [9.17, 15) is 0 Å². The zero-order chi connectivity index (χ0) is 14.2. The minimum absolute atomic E-state index is 0.679. The SMILES string of the molecule is C=CCNc1cc(NCCC)nc(-c2ccccc2)n1. The smallest absolute Gasteiger partial charge is 0.163 e. The third-order valence-electron chi connectivity index (χ3n) is 2.74. The highest BCUT2D eigenvalue weighted by molar-refractivity contribution is 5.61. The van der Waals surface area contributed by atoms with Gasteiger partial charge in [0.2, 0.25) is 0 Å². The van der Waals surface area contributed by atoms with Gasteiger partial charge in [0.05, 0.1) is 0 Å². The second-order valence-corrected chi connectivity index (χ2v) is 4.42. The van der Waals surface area contributed by atoms with Crippen LogP contribution in [0.3, 0.4) is 0 Å². The van der Waals surface area contributed by atoms with Crippen molar-refractivity contribution in [3.8, 4) is 11.4 Å². The molecule has 0 radical (unpaired) electrons. The number of nitrogens with one attached hydrogen (secondary N) is 2. The molecule has 104 valence electrons. The van der Waals surface area contributed by atoms with Crippen molar-refractivity contribution in [1.29, 1.82) is 0 Å². The lowest BCUT2D eigenvalue weighted by Crippen LogP contribution is -2.07. The summed E-state index contributed by atoms with van der Waals surface area (Å²) in [4.78, 5) is 9.10. The summed E-state index contributed by atoms with van der Waals surface area (Å²) in [5.41, 5.74) is 1.01. The number of aromatic nitrogens is 2. The van der Waals surface area contributed by atoms with Gasteiger partial charge in [-0.05, 0) is 6.42 Å². The van der Waals surface area contributed by atoms with E-state index in [1.807, 2.05) is 42.5 Å². The van der Waals surface area contributed by atoms with Gasteiger partial charge in [-0.3, -0.25) is 0 Å². The van der Waals surface area contributed by atoms with E-state index in [-0.39, 0.29) is 0 Å². The highest BCUT2D eigenvalue weighted by Crippen LogP contribution is 2.20. The Morgan fingerprint density at radius 2 is 1.80 bits per heavy atom. The van der Waals surface area contributed by atoms with E-state index in [4.69, 9.17) is 0 Å². The van der Waals surface area contributed by atoms with Gasteiger partial charge in [0.1, 0.15) is 11.6 Å². The van der Waals surface area contributed by atoms with Gasteiger partial charge < -0.3 is 10.6 Å². The molecular formula is C16H20N4. The lowest BCUT2D eigenvalue weighted by atomic mass is 10.2. The fourth-order valence-corrected chi connectivity index (χ4v) is 1.77. The molecule has 1 heterocycles. The minimum atomic E-state index is 0.679. The standard InChI is InChI=1S/C16H20N4/c1-3-10-17-14-12-15(18-11-4-2)20-16(19-14)13-8-6-5-7-9-13/h3,5-9,12H,1,4,10-11H2,2H3,(H2,17,18,19,20). The normalized spacial score (nSPS) is 10.1. The van der Waals surface area contributed by atoms with Gasteiger partial charge in [0.15, 0.2) is 5.82 Å². The molecule has 4 heteroatoms. The fourth-order valence-electron chi connectivity index (χ4n) is 1.77. The molecule has 0 aliphatic rings. The maximum absolute atomic E-state index is 4.56. The summed E-state index contributed by atoms with van der Waals surface area (Å²) < 4.78 is 0. The predicted molar refractivity (Wildman–Crippen MR) is 84.9 cm³/mol. The van der Waals surface area contributed by atoms with E-state index in [2.05, 4.69) is 34.1 Å². The number of hydrogen-bond acceptors (Lipinski definition) is 4. The summed E-state index contributed by atoms with van der Waals surface area (Å²) in [5, 5.41) is 6.52. The van der Waals surface area contributed by atoms with Crippen LogP contribution >= 0.6 is 0 Å². The lowest BCUT2D eigenvalue weighted by Gasteiger charge is -2.10. The molecule has 2 aromatic rings. The molecule has 2 N–H and O–H groups in total. The van der Waals surface area contributed by atoms with Crippen molar-refractivity contribution in [3.63, 3.8) is 0 Å². The molecule has 1 aromatic carbocycles. The van der Waals surface area contributed by atoms with Crippen molar-refractivity contribution >= 4 is 11.6 Å². The van der Waals surface area contributed by atoms with Crippen LogP contribution in [0.15, 0.2) is 49.1 Å². The van der Waals surface area contributed by atoms with Crippen molar-refractivity contribution in [2.24, 2.45) is 0 Å². The van der Waals surface area contributed by atoms with Crippen molar-refractivity contribution in [2.45, 2.75) is 13.3 Å². The van der Waals surface area contributed by atoms with Gasteiger partial charge in [0, 0.05) is 24.7 Å². The predicted octanol–water partition coefficient (Wildman–Crippen LogP) is 3.56. The Morgan fingerprint density at radius 1 is 1.10 bits per heavy atom. The minimum Gasteiger partial charge on any atom is -0.370 e. The summed E-state index contributed by atoms with van der Waals surface area (Å²) in [7, 11) is 0. The van der Waals surface area contributed by atoms with Crippen LogP contribution in [0.1, 0.15) is 13.3 Å². The molecular weight excluding hydrogens is 248 g/mol. The second-order valence-electron chi connectivity index (χ2n) is 4.42. The second kappa shape index (κ2) is 7.28. The van der Waals surface area contributed by atoms with Crippen molar-refractivity contribution < 1.29 is 0 Å². The van der Waals surface area contributed by atoms with E-state index < -0.39 is 0 Å². The molecule has 20 heavy (non-hydrogen) atoms. The van der Waals surface area contributed by atoms with E-state index in [0.717, 1.165) is 36.0 Å². The number of benzene rings is 1. The number of hydrogen-bond donors (Lipinski definition) is 2. The summed E-state index contributed by atoms with van der Waals surface area (Å²) in [6.07, 6.45) is 2.86. The Labute approximate surface area is 120 Å². The van der Waals surface area contributed by atoms with Crippen LogP contribution in [-0.2, 0) is 0 Å². The van der Waals surface area contributed by atoms with Crippen LogP contribution in [-0.4, -0.2) is 23.1 Å². The van der Waals surface area contributed by atoms with Gasteiger partial charge in [-0.2, -0.15) is 0 Å². The van der Waals surface area contributed by atoms with Crippen LogP contribution < -0.4 is 10.6 Å². The molecule has 0 saturated heterocycles. The van der Waals surface area contributed by atoms with Crippen molar-refractivity contribution in [1.82, 2.24) is 9.97 Å². The van der Waals surface area contributed by atoms with Gasteiger partial charge in [-0.15, -0.1) is 6.58 Å². The number of rotatable bonds is 7. The Morgan fingerprint density at radius 3 is 2.45 bits per heavy atom. The third kappa shape index (κ3) is 3.82. The Hall–Kier alpha value is -2.36. The van der Waals surface area contributed by atoms with Gasteiger partial charge in [-0.1, -0.05) is 43.3 Å². The van der Waals surface area contributed by atoms with Crippen LogP contribution in [0.25, 0.3) is 11.4 Å². The highest BCUT2D eigenvalue weighted by atomic mass is 15.1. The summed E-state index contributed by atoms with van der Waals surface area (Å²) >= 11 is 0. The molecule has 0 unspecified atom stereocenters. The molecule has 0 aliphatic heterocycles. The van der Waals surface area contributed by atoms with Crippen LogP contribution in [0.2, 0.25) is 0 Å². The van der Waals surface area contributed by atoms with Crippen LogP contribution in [0.4, 0.5) is 11.6 Å². The topological polar surface area (TPSA) is 49.8 Å². The fraction of sp³-hybridized carbons (Fsp3) is 0.250. The Kier molecular flexibility index (Phi) is 5.12. The molecule has 0 fully saturated rings. The lowest BCUT2D eigenvalue weighted by molar-refractivity contribution is 0.965. The van der Waals surface area contributed by atoms with E-state index in [1.54, 1.807) is 0 Å². The van der Waals surface area contributed by atoms with E-state index in [1.165, 1.54) is 0 Å². The first-order valence-electron chi connectivity index (χ1n) is 6.86. The summed E-state index contributed by atoms with van der Waals surface area (Å²) in [6, 6.07) is 11.9. The monoisotopic (exact) mass is 268 g/mol. The Bertz CT molecular complexity index is 552. The average Bonchev–Trinajstić information content (AvgIpc) is 2.51. The van der Waals surface area contributed by atoms with Gasteiger partial charge in [0.25, 0.3) is 0 Å². The largest absolute Gasteiger partial charge is 0.370 e. The molecule has 1 aromatic heterocycles. The maximum Gasteiger partial charge on any atom is 0.163 e. The quantitative estimate of drug-likeness (QED) is 0.754. The highest BCUT2D eigenvalue weighted by Gasteiger charge is 2.06. The maximum atomic E-state index is 4.56. The van der Waals surface area contributed by atoms with Gasteiger partial charge >= 0.3 is 0 Å². The summed E-state index contributed by atoms with van der Waals surface area (Å²) in [6.45, 7) is 7.41. The van der Waals surface area contributed by atoms with E-state index in [0.29, 0.717) is 6.54 Å². The first-order chi connectivity index (χ1) is 9.83. The van der Waals surface area contributed by atoms with E-state index >= 15 is 0 Å². The molecule has 0 saturated carbocycles. The average molecular weight is 268 g/mol. The first-order valence-corrected chi connectivity index (χ1v) is 6.86. The molecule has 2 rings (SSSR count). The van der Waals surface area contributed by atoms with Crippen molar-refractivity contribution in [2.75, 3.05) is 23.7 Å². The third-order valence-corrected chi connectivity index (χ3v) is 2.74. The zero-order valence-corrected chi connectivity index (χ0v) is 11.8. The van der Waals surface area contributed by atoms with Gasteiger partial charge in [-0.25, -0.2) is 9.97 Å². The Balaban J connectivity index is 2.31. The van der Waals surface area contributed by atoms with Crippen molar-refractivity contribution in [3.05, 3.63) is 49.1 Å². The molecule has 0 amide bonds. The number of anilines is 2. The molecule has 0 spiro atoms. The molecule has 0 bridgehead atoms. The number of nitrogens with zero attached hydrogens (tertiary/aromatic N) is 2. The zero-order valence-electron chi connectivity index (χ0n) is 11.8. The first kappa shape index (κ1) is 14.1. The molecule has 0 atom stereocenters. The summed E-state index contributed by atoms with van der Waals surface area (Å²) in [5.74, 6) is 2.36. The molecule has 4 nitrogen and oxygen atoms in total. The van der Waals surface area contributed by atoms with Crippen LogP contribution in [0, 0.1) is 0 Å². The molecule has 0 aliphatic carbocycles. The van der Waals surface area contributed by atoms with Crippen LogP contribution in [0.5, 0.6) is 0 Å².